The van der Waals surface area contributed by atoms with Gasteiger partial charge in [-0.25, -0.2) is 9.78 Å². The molecule has 0 saturated carbocycles. The van der Waals surface area contributed by atoms with Crippen LogP contribution in [0.1, 0.15) is 30.5 Å². The number of para-hydroxylation sites is 1. The summed E-state index contributed by atoms with van der Waals surface area (Å²) in [6.07, 6.45) is 0.441. The van der Waals surface area contributed by atoms with Crippen LogP contribution in [0.5, 0.6) is 0 Å². The maximum atomic E-state index is 13.8. The van der Waals surface area contributed by atoms with Gasteiger partial charge in [0.25, 0.3) is 0 Å². The summed E-state index contributed by atoms with van der Waals surface area (Å²) >= 11 is 1.42. The minimum absolute atomic E-state index is 0.0669. The van der Waals surface area contributed by atoms with Gasteiger partial charge in [0.05, 0.1) is 22.8 Å². The smallest absolute Gasteiger partial charge is 0.332 e. The second-order valence-electron chi connectivity index (χ2n) is 11.7. The van der Waals surface area contributed by atoms with Gasteiger partial charge in [-0.15, -0.1) is 10.2 Å². The number of fused-ring (bicyclic) bond motifs is 1. The molecule has 3 amide bonds. The van der Waals surface area contributed by atoms with Crippen LogP contribution in [0.4, 0.5) is 9.93 Å². The second kappa shape index (κ2) is 14.7. The molecule has 3 aromatic carbocycles. The molecule has 15 heteroatoms. The maximum absolute atomic E-state index is 13.8. The fraction of sp³-hybridized carbons (Fsp3) is 0.303. The van der Waals surface area contributed by atoms with E-state index in [1.165, 1.54) is 11.3 Å². The second-order valence-corrected chi connectivity index (χ2v) is 12.8. The monoisotopic (exact) mass is 667 g/mol. The van der Waals surface area contributed by atoms with Crippen LogP contribution in [-0.4, -0.2) is 90.1 Å². The Kier molecular flexibility index (Phi) is 9.99. The van der Waals surface area contributed by atoms with Crippen LogP contribution in [-0.2, 0) is 29.1 Å². The third kappa shape index (κ3) is 7.17. The van der Waals surface area contributed by atoms with Crippen molar-refractivity contribution >= 4 is 44.9 Å². The minimum Gasteiger partial charge on any atom is -0.375 e. The molecule has 0 unspecified atom stereocenters. The van der Waals surface area contributed by atoms with E-state index >= 15 is 0 Å². The number of anilines is 1. The number of hydrogen-bond donors (Lipinski definition) is 4. The number of aromatic nitrogens is 5. The van der Waals surface area contributed by atoms with Gasteiger partial charge in [0.15, 0.2) is 5.13 Å². The topological polar surface area (TPSA) is 178 Å². The summed E-state index contributed by atoms with van der Waals surface area (Å²) in [7, 11) is 0. The normalized spacial score (nSPS) is 15.7. The maximum Gasteiger partial charge on any atom is 0.332 e. The first-order chi connectivity index (χ1) is 23.3. The lowest BCUT2D eigenvalue weighted by Crippen LogP contribution is -2.60. The van der Waals surface area contributed by atoms with Crippen LogP contribution in [0.15, 0.2) is 72.8 Å². The molecule has 0 bridgehead atoms. The number of amides is 3. The molecule has 5 aromatic rings. The van der Waals surface area contributed by atoms with Crippen LogP contribution < -0.4 is 16.4 Å². The van der Waals surface area contributed by atoms with E-state index in [0.717, 1.165) is 38.8 Å². The molecule has 1 aliphatic heterocycles. The molecule has 1 aliphatic rings. The molecule has 2 aromatic heterocycles. The number of benzene rings is 3. The van der Waals surface area contributed by atoms with Crippen molar-refractivity contribution < 1.29 is 14.4 Å². The molecule has 2 atom stereocenters. The number of thiazole rings is 1. The zero-order chi connectivity index (χ0) is 33.6. The number of tetrazole rings is 1. The van der Waals surface area contributed by atoms with E-state index in [4.69, 9.17) is 5.73 Å². The van der Waals surface area contributed by atoms with Gasteiger partial charge in [0.2, 0.25) is 11.7 Å². The van der Waals surface area contributed by atoms with Crippen LogP contribution in [0.3, 0.4) is 0 Å². The Morgan fingerprint density at radius 3 is 2.58 bits per heavy atom. The van der Waals surface area contributed by atoms with E-state index in [2.05, 4.69) is 36.2 Å². The van der Waals surface area contributed by atoms with Gasteiger partial charge in [0, 0.05) is 31.2 Å². The van der Waals surface area contributed by atoms with Gasteiger partial charge in [-0.1, -0.05) is 78.1 Å². The molecule has 1 fully saturated rings. The van der Waals surface area contributed by atoms with Crippen molar-refractivity contribution in [3.8, 4) is 11.4 Å². The lowest BCUT2D eigenvalue weighted by Gasteiger charge is -2.40. The molecule has 6 rings (SSSR count). The third-order valence-corrected chi connectivity index (χ3v) is 9.04. The summed E-state index contributed by atoms with van der Waals surface area (Å²) in [5, 5.41) is 24.4. The summed E-state index contributed by atoms with van der Waals surface area (Å²) in [6.45, 7) is 4.78. The molecule has 0 spiro atoms. The van der Waals surface area contributed by atoms with E-state index in [0.29, 0.717) is 24.0 Å². The Morgan fingerprint density at radius 2 is 1.88 bits per heavy atom. The average molecular weight is 668 g/mol. The van der Waals surface area contributed by atoms with Gasteiger partial charge in [-0.2, -0.15) is 10.2 Å². The number of aromatic amines is 1. The predicted octanol–water partition coefficient (Wildman–Crippen LogP) is 2.96. The third-order valence-electron chi connectivity index (χ3n) is 8.19. The largest absolute Gasteiger partial charge is 0.375 e. The molecule has 0 radical (unpaired) electrons. The van der Waals surface area contributed by atoms with Crippen LogP contribution in [0.2, 0.25) is 0 Å². The van der Waals surface area contributed by atoms with E-state index in [9.17, 15) is 14.4 Å². The number of nitrogens with two attached hydrogens (primary N) is 1. The number of nitrogens with one attached hydrogen (secondary N) is 3. The van der Waals surface area contributed by atoms with Crippen LogP contribution in [0, 0.1) is 0 Å². The van der Waals surface area contributed by atoms with Crippen LogP contribution in [0.25, 0.3) is 21.6 Å². The molecule has 48 heavy (non-hydrogen) atoms. The Morgan fingerprint density at radius 1 is 1.08 bits per heavy atom. The van der Waals surface area contributed by atoms with Crippen LogP contribution >= 0.6 is 11.3 Å². The number of urea groups is 1. The predicted molar refractivity (Wildman–Crippen MR) is 182 cm³/mol. The lowest BCUT2D eigenvalue weighted by molar-refractivity contribution is -0.134. The molecular weight excluding hydrogens is 631 g/mol. The fourth-order valence-electron chi connectivity index (χ4n) is 6.00. The first-order valence-electron chi connectivity index (χ1n) is 15.6. The van der Waals surface area contributed by atoms with Crippen molar-refractivity contribution in [2.24, 2.45) is 0 Å². The average Bonchev–Trinajstić information content (AvgIpc) is 3.83. The Labute approximate surface area is 281 Å². The van der Waals surface area contributed by atoms with E-state index in [-0.39, 0.29) is 37.5 Å². The van der Waals surface area contributed by atoms with Crippen molar-refractivity contribution in [1.82, 2.24) is 51.2 Å². The van der Waals surface area contributed by atoms with E-state index in [1.54, 1.807) is 14.9 Å². The first-order valence-corrected chi connectivity index (χ1v) is 16.5. The number of carbonyl (C=O) groups excluding carboxylic acids is 3. The summed E-state index contributed by atoms with van der Waals surface area (Å²) in [5.74, 6) is 0.207. The number of hydrogen-bond acceptors (Lipinski definition) is 11. The van der Waals surface area contributed by atoms with Gasteiger partial charge in [-0.05, 0) is 48.2 Å². The quantitative estimate of drug-likeness (QED) is 0.137. The molecule has 3 heterocycles. The van der Waals surface area contributed by atoms with Crippen molar-refractivity contribution in [2.75, 3.05) is 18.8 Å². The minimum atomic E-state index is -0.784. The highest BCUT2D eigenvalue weighted by Gasteiger charge is 2.46. The SMILES string of the molecule is CC(C)N(C(=O)NCc1ccccc1)N1CC(=O)N([C@H](C=O)Cc2ccc(-c3nn[nH]n3)cc2)[C@@H]1CNCc1cccc2sc(N)nc12. The summed E-state index contributed by atoms with van der Waals surface area (Å²) in [5.41, 5.74) is 10.3. The van der Waals surface area contributed by atoms with Crippen molar-refractivity contribution in [3.05, 3.63) is 89.5 Å². The molecule has 5 N–H and O–H groups in total. The number of aldehydes is 1. The highest BCUT2D eigenvalue weighted by atomic mass is 32.1. The van der Waals surface area contributed by atoms with E-state index < -0.39 is 12.2 Å². The standard InChI is InChI=1S/C33H37N11O3S/c1-21(2)44(33(47)36-16-23-7-4-3-5-8-23)42-19-29(46)43(26(20-45)15-22-11-13-24(14-12-22)31-38-40-41-39-31)28(42)18-35-17-25-9-6-10-27-30(25)37-32(34)48-27/h3-14,20-21,26,28,35H,15-19H2,1-2H3,(H2,34,37)(H,36,47)(H,38,39,40,41)/t26-,28+/m0/s1. The Hall–Kier alpha value is -5.25. The van der Waals surface area contributed by atoms with Crippen molar-refractivity contribution in [3.63, 3.8) is 0 Å². The number of H-pyrrole nitrogens is 1. The lowest BCUT2D eigenvalue weighted by atomic mass is 10.0. The Bertz CT molecular complexity index is 1850. The molecular formula is C33H37N11O3S. The summed E-state index contributed by atoms with van der Waals surface area (Å²) in [4.78, 5) is 46.4. The van der Waals surface area contributed by atoms with Crippen molar-refractivity contribution in [2.45, 2.75) is 51.6 Å². The van der Waals surface area contributed by atoms with Gasteiger partial charge in [0.1, 0.15) is 12.5 Å². The van der Waals surface area contributed by atoms with Gasteiger partial charge < -0.3 is 26.1 Å². The summed E-state index contributed by atoms with van der Waals surface area (Å²) < 4.78 is 0.985. The van der Waals surface area contributed by atoms with E-state index in [1.807, 2.05) is 86.6 Å². The first kappa shape index (κ1) is 32.7. The zero-order valence-electron chi connectivity index (χ0n) is 26.6. The molecule has 248 valence electrons. The number of hydrazine groups is 1. The fourth-order valence-corrected chi connectivity index (χ4v) is 6.78. The number of nitrogen functional groups attached to an aromatic ring is 1. The number of rotatable bonds is 13. The number of carbonyl (C=O) groups is 3. The van der Waals surface area contributed by atoms with Gasteiger partial charge in [-0.3, -0.25) is 9.80 Å². The zero-order valence-corrected chi connectivity index (χ0v) is 27.4. The molecule has 0 aliphatic carbocycles. The Balaban J connectivity index is 1.25. The highest BCUT2D eigenvalue weighted by molar-refractivity contribution is 7.22. The van der Waals surface area contributed by atoms with Gasteiger partial charge >= 0.3 is 6.03 Å². The van der Waals surface area contributed by atoms with Crippen molar-refractivity contribution in [1.29, 1.82) is 0 Å². The summed E-state index contributed by atoms with van der Waals surface area (Å²) in [6, 6.07) is 21.6. The molecule has 1 saturated heterocycles. The number of nitrogens with zero attached hydrogens (tertiary/aromatic N) is 7. The molecule has 14 nitrogen and oxygen atoms in total. The highest BCUT2D eigenvalue weighted by Crippen LogP contribution is 2.28.